The number of terminal acetylenes is 1. The average molecular weight is 319 g/mol. The fourth-order valence-electron chi connectivity index (χ4n) is 3.14. The summed E-state index contributed by atoms with van der Waals surface area (Å²) in [4.78, 5) is 0. The van der Waals surface area contributed by atoms with Crippen molar-refractivity contribution in [2.45, 2.75) is 122 Å². The van der Waals surface area contributed by atoms with Crippen LogP contribution in [0.3, 0.4) is 0 Å². The van der Waals surface area contributed by atoms with Crippen LogP contribution < -0.4 is 0 Å². The SMILES string of the molecule is C#CC=CCCCCCCCCCCCCCCCCCCC. The number of hydrogen-bond donors (Lipinski definition) is 0. The monoisotopic (exact) mass is 318 g/mol. The zero-order valence-electron chi connectivity index (χ0n) is 16.0. The Hall–Kier alpha value is -0.700. The van der Waals surface area contributed by atoms with E-state index < -0.39 is 0 Å². The van der Waals surface area contributed by atoms with Crippen molar-refractivity contribution in [3.8, 4) is 12.3 Å². The van der Waals surface area contributed by atoms with Crippen LogP contribution in [0.5, 0.6) is 0 Å². The Bertz CT molecular complexity index is 268. The first-order chi connectivity index (χ1) is 11.4. The van der Waals surface area contributed by atoms with Crippen LogP contribution in [0.25, 0.3) is 0 Å². The fraction of sp³-hybridized carbons (Fsp3) is 0.826. The highest BCUT2D eigenvalue weighted by molar-refractivity contribution is 5.08. The zero-order chi connectivity index (χ0) is 16.8. The highest BCUT2D eigenvalue weighted by Crippen LogP contribution is 2.14. The van der Waals surface area contributed by atoms with E-state index in [9.17, 15) is 0 Å². The Morgan fingerprint density at radius 3 is 1.26 bits per heavy atom. The summed E-state index contributed by atoms with van der Waals surface area (Å²) >= 11 is 0. The van der Waals surface area contributed by atoms with Crippen LogP contribution in [0.15, 0.2) is 12.2 Å². The predicted molar refractivity (Wildman–Crippen MR) is 107 cm³/mol. The smallest absolute Gasteiger partial charge is 0.0162 e. The Balaban J connectivity index is 2.97. The van der Waals surface area contributed by atoms with E-state index in [0.29, 0.717) is 0 Å². The van der Waals surface area contributed by atoms with Gasteiger partial charge in [0.2, 0.25) is 0 Å². The summed E-state index contributed by atoms with van der Waals surface area (Å²) < 4.78 is 0. The normalized spacial score (nSPS) is 11.1. The minimum absolute atomic E-state index is 1.16. The molecule has 0 unspecified atom stereocenters. The lowest BCUT2D eigenvalue weighted by atomic mass is 10.0. The molecule has 0 saturated heterocycles. The molecule has 134 valence electrons. The first kappa shape index (κ1) is 22.3. The van der Waals surface area contributed by atoms with Crippen LogP contribution in [-0.2, 0) is 0 Å². The zero-order valence-corrected chi connectivity index (χ0v) is 16.0. The molecule has 0 amide bonds. The Morgan fingerprint density at radius 1 is 0.565 bits per heavy atom. The topological polar surface area (TPSA) is 0 Å². The first-order valence-electron chi connectivity index (χ1n) is 10.5. The maximum absolute atomic E-state index is 5.17. The van der Waals surface area contributed by atoms with E-state index in [2.05, 4.69) is 18.9 Å². The third kappa shape index (κ3) is 21.3. The van der Waals surface area contributed by atoms with Gasteiger partial charge in [0, 0.05) is 0 Å². The summed E-state index contributed by atoms with van der Waals surface area (Å²) in [5.41, 5.74) is 0. The van der Waals surface area contributed by atoms with E-state index in [1.54, 1.807) is 0 Å². The third-order valence-corrected chi connectivity index (χ3v) is 4.69. The molecule has 0 aliphatic carbocycles. The molecule has 0 aliphatic heterocycles. The predicted octanol–water partition coefficient (Wildman–Crippen LogP) is 8.22. The maximum atomic E-state index is 5.17. The quantitative estimate of drug-likeness (QED) is 0.176. The molecule has 23 heavy (non-hydrogen) atoms. The molecule has 0 aromatic rings. The van der Waals surface area contributed by atoms with Crippen LogP contribution in [0.1, 0.15) is 122 Å². The Morgan fingerprint density at radius 2 is 0.913 bits per heavy atom. The minimum atomic E-state index is 1.16. The van der Waals surface area contributed by atoms with Gasteiger partial charge in [-0.15, -0.1) is 6.42 Å². The largest absolute Gasteiger partial charge is 0.115 e. The van der Waals surface area contributed by atoms with Crippen molar-refractivity contribution in [2.24, 2.45) is 0 Å². The van der Waals surface area contributed by atoms with Crippen molar-refractivity contribution in [1.29, 1.82) is 0 Å². The van der Waals surface area contributed by atoms with E-state index in [1.165, 1.54) is 109 Å². The number of rotatable bonds is 18. The van der Waals surface area contributed by atoms with Crippen molar-refractivity contribution >= 4 is 0 Å². The molecule has 0 heterocycles. The van der Waals surface area contributed by atoms with Crippen LogP contribution >= 0.6 is 0 Å². The highest BCUT2D eigenvalue weighted by Gasteiger charge is 1.94. The van der Waals surface area contributed by atoms with Crippen molar-refractivity contribution in [2.75, 3.05) is 0 Å². The van der Waals surface area contributed by atoms with Gasteiger partial charge in [-0.05, 0) is 18.9 Å². The van der Waals surface area contributed by atoms with Gasteiger partial charge in [-0.3, -0.25) is 0 Å². The second kappa shape index (κ2) is 21.3. The lowest BCUT2D eigenvalue weighted by molar-refractivity contribution is 0.527. The number of allylic oxidation sites excluding steroid dienone is 2. The number of unbranched alkanes of at least 4 members (excludes halogenated alkanes) is 17. The lowest BCUT2D eigenvalue weighted by Crippen LogP contribution is -1.83. The maximum Gasteiger partial charge on any atom is -0.0162 e. The van der Waals surface area contributed by atoms with E-state index >= 15 is 0 Å². The van der Waals surface area contributed by atoms with Gasteiger partial charge in [-0.2, -0.15) is 0 Å². The van der Waals surface area contributed by atoms with Crippen LogP contribution in [0.4, 0.5) is 0 Å². The molecular weight excluding hydrogens is 276 g/mol. The van der Waals surface area contributed by atoms with Gasteiger partial charge in [-0.25, -0.2) is 0 Å². The molecule has 0 aromatic heterocycles. The van der Waals surface area contributed by atoms with Crippen LogP contribution in [0.2, 0.25) is 0 Å². The standard InChI is InChI=1S/C23H42/c1-3-5-7-9-11-13-15-17-19-21-23-22-20-18-16-14-12-10-8-6-4-2/h1,5,7H,4,6,8-23H2,2H3. The molecule has 0 aliphatic rings. The third-order valence-electron chi connectivity index (χ3n) is 4.69. The molecule has 0 nitrogen and oxygen atoms in total. The molecule has 0 rings (SSSR count). The molecule has 0 N–H and O–H groups in total. The van der Waals surface area contributed by atoms with Gasteiger partial charge in [0.25, 0.3) is 0 Å². The van der Waals surface area contributed by atoms with E-state index in [1.807, 2.05) is 6.08 Å². The van der Waals surface area contributed by atoms with Crippen molar-refractivity contribution < 1.29 is 0 Å². The highest BCUT2D eigenvalue weighted by atomic mass is 14.0. The Labute approximate surface area is 147 Å². The lowest BCUT2D eigenvalue weighted by Gasteiger charge is -2.03. The minimum Gasteiger partial charge on any atom is -0.115 e. The molecule has 0 radical (unpaired) electrons. The molecular formula is C23H42. The second-order valence-corrected chi connectivity index (χ2v) is 7.01. The summed E-state index contributed by atoms with van der Waals surface area (Å²) in [5, 5.41) is 0. The average Bonchev–Trinajstić information content (AvgIpc) is 2.57. The van der Waals surface area contributed by atoms with Gasteiger partial charge in [0.1, 0.15) is 0 Å². The van der Waals surface area contributed by atoms with Crippen molar-refractivity contribution in [3.05, 3.63) is 12.2 Å². The fourth-order valence-corrected chi connectivity index (χ4v) is 3.14. The van der Waals surface area contributed by atoms with Gasteiger partial charge < -0.3 is 0 Å². The van der Waals surface area contributed by atoms with E-state index in [0.717, 1.165) is 6.42 Å². The summed E-state index contributed by atoms with van der Waals surface area (Å²) in [6, 6.07) is 0. The summed E-state index contributed by atoms with van der Waals surface area (Å²) in [5.74, 6) is 2.54. The van der Waals surface area contributed by atoms with E-state index in [4.69, 9.17) is 6.42 Å². The van der Waals surface area contributed by atoms with Gasteiger partial charge >= 0.3 is 0 Å². The van der Waals surface area contributed by atoms with E-state index in [-0.39, 0.29) is 0 Å². The van der Waals surface area contributed by atoms with Crippen molar-refractivity contribution in [3.63, 3.8) is 0 Å². The molecule has 0 heteroatoms. The summed E-state index contributed by atoms with van der Waals surface area (Å²) in [6.07, 6.45) is 34.7. The molecule has 0 spiro atoms. The molecule has 0 aromatic carbocycles. The molecule has 0 atom stereocenters. The summed E-state index contributed by atoms with van der Waals surface area (Å²) in [7, 11) is 0. The molecule has 0 saturated carbocycles. The summed E-state index contributed by atoms with van der Waals surface area (Å²) in [6.45, 7) is 2.29. The van der Waals surface area contributed by atoms with Gasteiger partial charge in [0.15, 0.2) is 0 Å². The number of hydrogen-bond acceptors (Lipinski definition) is 0. The van der Waals surface area contributed by atoms with Crippen LogP contribution in [-0.4, -0.2) is 0 Å². The molecule has 0 bridgehead atoms. The Kier molecular flexibility index (Phi) is 20.7. The van der Waals surface area contributed by atoms with Crippen LogP contribution in [0, 0.1) is 12.3 Å². The van der Waals surface area contributed by atoms with Crippen molar-refractivity contribution in [1.82, 2.24) is 0 Å². The van der Waals surface area contributed by atoms with Gasteiger partial charge in [-0.1, -0.05) is 122 Å². The van der Waals surface area contributed by atoms with Gasteiger partial charge in [0.05, 0.1) is 0 Å². The molecule has 0 fully saturated rings. The second-order valence-electron chi connectivity index (χ2n) is 7.01. The first-order valence-corrected chi connectivity index (χ1v) is 10.5.